The summed E-state index contributed by atoms with van der Waals surface area (Å²) in [5, 5.41) is 4.37. The second-order valence-electron chi connectivity index (χ2n) is 5.13. The first-order valence-corrected chi connectivity index (χ1v) is 6.76. The van der Waals surface area contributed by atoms with Gasteiger partial charge in [0, 0.05) is 20.3 Å². The van der Waals surface area contributed by atoms with Crippen LogP contribution in [0.25, 0.3) is 0 Å². The van der Waals surface area contributed by atoms with E-state index in [4.69, 9.17) is 4.74 Å². The number of hydrogen-bond donors (Lipinski definition) is 0. The van der Waals surface area contributed by atoms with Gasteiger partial charge in [-0.05, 0) is 24.1 Å². The molecular formula is C15H20N4O2. The maximum Gasteiger partial charge on any atom is 0.277 e. The van der Waals surface area contributed by atoms with E-state index in [0.717, 1.165) is 5.69 Å². The smallest absolute Gasteiger partial charge is 0.277 e. The fourth-order valence-electron chi connectivity index (χ4n) is 2.03. The molecule has 1 amide bonds. The Labute approximate surface area is 124 Å². The summed E-state index contributed by atoms with van der Waals surface area (Å²) in [4.78, 5) is 18.3. The van der Waals surface area contributed by atoms with E-state index in [0.29, 0.717) is 17.3 Å². The van der Waals surface area contributed by atoms with Gasteiger partial charge in [0.2, 0.25) is 0 Å². The molecule has 0 saturated heterocycles. The number of amides is 1. The van der Waals surface area contributed by atoms with Crippen LogP contribution >= 0.6 is 0 Å². The summed E-state index contributed by atoms with van der Waals surface area (Å²) in [6.07, 6.45) is 1.63. The zero-order valence-corrected chi connectivity index (χ0v) is 13.0. The van der Waals surface area contributed by atoms with Crippen molar-refractivity contribution in [1.29, 1.82) is 0 Å². The van der Waals surface area contributed by atoms with Gasteiger partial charge in [-0.2, -0.15) is 5.10 Å². The van der Waals surface area contributed by atoms with Crippen LogP contribution in [-0.2, 0) is 7.05 Å². The highest BCUT2D eigenvalue weighted by atomic mass is 16.5. The van der Waals surface area contributed by atoms with Crippen LogP contribution in [0.5, 0.6) is 5.75 Å². The predicted octanol–water partition coefficient (Wildman–Crippen LogP) is 2.22. The van der Waals surface area contributed by atoms with Gasteiger partial charge in [-0.1, -0.05) is 13.8 Å². The van der Waals surface area contributed by atoms with Crippen molar-refractivity contribution in [2.75, 3.05) is 19.1 Å². The number of carbonyl (C=O) groups excluding carboxylic acids is 1. The van der Waals surface area contributed by atoms with Crippen LogP contribution in [0.1, 0.15) is 35.9 Å². The molecule has 0 aliphatic carbocycles. The first-order chi connectivity index (χ1) is 9.95. The third kappa shape index (κ3) is 2.89. The van der Waals surface area contributed by atoms with Crippen LogP contribution < -0.4 is 9.64 Å². The molecule has 0 aromatic carbocycles. The van der Waals surface area contributed by atoms with Gasteiger partial charge in [0.1, 0.15) is 5.69 Å². The molecule has 21 heavy (non-hydrogen) atoms. The highest BCUT2D eigenvalue weighted by molar-refractivity contribution is 6.04. The number of rotatable bonds is 4. The maximum atomic E-state index is 12.6. The minimum Gasteiger partial charge on any atom is -0.493 e. The molecule has 0 unspecified atom stereocenters. The summed E-state index contributed by atoms with van der Waals surface area (Å²) in [5.41, 5.74) is 1.41. The average Bonchev–Trinajstić information content (AvgIpc) is 2.88. The van der Waals surface area contributed by atoms with Gasteiger partial charge in [0.15, 0.2) is 11.6 Å². The van der Waals surface area contributed by atoms with Gasteiger partial charge in [-0.15, -0.1) is 0 Å². The molecule has 0 bridgehead atoms. The molecule has 0 atom stereocenters. The molecule has 0 aliphatic rings. The molecule has 112 valence electrons. The van der Waals surface area contributed by atoms with Crippen molar-refractivity contribution in [2.45, 2.75) is 19.8 Å². The number of methoxy groups -OCH3 is 1. The molecule has 0 N–H and O–H groups in total. The largest absolute Gasteiger partial charge is 0.493 e. The quantitative estimate of drug-likeness (QED) is 0.865. The summed E-state index contributed by atoms with van der Waals surface area (Å²) < 4.78 is 6.85. The second-order valence-corrected chi connectivity index (χ2v) is 5.13. The Morgan fingerprint density at radius 2 is 2.14 bits per heavy atom. The Hall–Kier alpha value is -2.37. The third-order valence-corrected chi connectivity index (χ3v) is 3.30. The van der Waals surface area contributed by atoms with Crippen LogP contribution in [-0.4, -0.2) is 34.8 Å². The van der Waals surface area contributed by atoms with E-state index >= 15 is 0 Å². The standard InChI is InChI=1S/C15H20N4O2/c1-10(2)11-9-12(19(4)17-11)15(20)18(3)14-13(21-5)7-6-8-16-14/h6-10H,1-5H3. The molecule has 2 aromatic rings. The summed E-state index contributed by atoms with van der Waals surface area (Å²) in [7, 11) is 5.00. The van der Waals surface area contributed by atoms with Crippen molar-refractivity contribution in [3.8, 4) is 5.75 Å². The number of ether oxygens (including phenoxy) is 1. The highest BCUT2D eigenvalue weighted by Crippen LogP contribution is 2.25. The first-order valence-electron chi connectivity index (χ1n) is 6.76. The number of hydrogen-bond acceptors (Lipinski definition) is 4. The number of carbonyl (C=O) groups is 1. The van der Waals surface area contributed by atoms with Crippen molar-refractivity contribution in [1.82, 2.24) is 14.8 Å². The molecule has 0 fully saturated rings. The van der Waals surface area contributed by atoms with Gasteiger partial charge in [0.25, 0.3) is 5.91 Å². The molecule has 2 rings (SSSR count). The lowest BCUT2D eigenvalue weighted by atomic mass is 10.1. The van der Waals surface area contributed by atoms with E-state index in [1.807, 2.05) is 19.9 Å². The fraction of sp³-hybridized carbons (Fsp3) is 0.400. The Morgan fingerprint density at radius 1 is 1.43 bits per heavy atom. The Balaban J connectivity index is 2.35. The SMILES string of the molecule is COc1cccnc1N(C)C(=O)c1cc(C(C)C)nn1C. The van der Waals surface area contributed by atoms with E-state index < -0.39 is 0 Å². The maximum absolute atomic E-state index is 12.6. The normalized spacial score (nSPS) is 10.8. The molecule has 2 aromatic heterocycles. The average molecular weight is 288 g/mol. The lowest BCUT2D eigenvalue weighted by Crippen LogP contribution is -2.29. The molecule has 2 heterocycles. The van der Waals surface area contributed by atoms with Crippen LogP contribution in [0.4, 0.5) is 5.82 Å². The summed E-state index contributed by atoms with van der Waals surface area (Å²) in [6.45, 7) is 4.09. The first kappa shape index (κ1) is 15.0. The van der Waals surface area contributed by atoms with Crippen LogP contribution in [0.15, 0.2) is 24.4 Å². The number of anilines is 1. The van der Waals surface area contributed by atoms with E-state index in [9.17, 15) is 4.79 Å². The summed E-state index contributed by atoms with van der Waals surface area (Å²) >= 11 is 0. The number of aromatic nitrogens is 3. The van der Waals surface area contributed by atoms with Gasteiger partial charge < -0.3 is 4.74 Å². The summed E-state index contributed by atoms with van der Waals surface area (Å²) in [5.74, 6) is 1.14. The topological polar surface area (TPSA) is 60.2 Å². The minimum absolute atomic E-state index is 0.172. The Morgan fingerprint density at radius 3 is 2.71 bits per heavy atom. The van der Waals surface area contributed by atoms with E-state index in [-0.39, 0.29) is 11.8 Å². The number of aryl methyl sites for hydroxylation is 1. The van der Waals surface area contributed by atoms with Crippen molar-refractivity contribution in [3.05, 3.63) is 35.8 Å². The van der Waals surface area contributed by atoms with Gasteiger partial charge in [0.05, 0.1) is 12.8 Å². The minimum atomic E-state index is -0.172. The molecule has 0 saturated carbocycles. The lowest BCUT2D eigenvalue weighted by Gasteiger charge is -2.18. The number of pyridine rings is 1. The second kappa shape index (κ2) is 5.95. The molecule has 0 aliphatic heterocycles. The highest BCUT2D eigenvalue weighted by Gasteiger charge is 2.22. The van der Waals surface area contributed by atoms with Gasteiger partial charge >= 0.3 is 0 Å². The van der Waals surface area contributed by atoms with Crippen LogP contribution in [0.3, 0.4) is 0 Å². The van der Waals surface area contributed by atoms with Crippen LogP contribution in [0, 0.1) is 0 Å². The van der Waals surface area contributed by atoms with E-state index in [2.05, 4.69) is 10.1 Å². The molecule has 6 heteroatoms. The molecule has 6 nitrogen and oxygen atoms in total. The van der Waals surface area contributed by atoms with Gasteiger partial charge in [-0.25, -0.2) is 4.98 Å². The van der Waals surface area contributed by atoms with E-state index in [1.54, 1.807) is 44.2 Å². The summed E-state index contributed by atoms with van der Waals surface area (Å²) in [6, 6.07) is 5.36. The predicted molar refractivity (Wildman–Crippen MR) is 80.8 cm³/mol. The fourth-order valence-corrected chi connectivity index (χ4v) is 2.03. The third-order valence-electron chi connectivity index (χ3n) is 3.30. The van der Waals surface area contributed by atoms with Gasteiger partial charge in [-0.3, -0.25) is 14.4 Å². The zero-order chi connectivity index (χ0) is 15.6. The molecule has 0 radical (unpaired) electrons. The lowest BCUT2D eigenvalue weighted by molar-refractivity contribution is 0.0982. The number of nitrogens with zero attached hydrogens (tertiary/aromatic N) is 4. The molecular weight excluding hydrogens is 268 g/mol. The zero-order valence-electron chi connectivity index (χ0n) is 13.0. The van der Waals surface area contributed by atoms with Crippen molar-refractivity contribution < 1.29 is 9.53 Å². The van der Waals surface area contributed by atoms with E-state index in [1.165, 1.54) is 4.90 Å². The Bertz CT molecular complexity index is 649. The van der Waals surface area contributed by atoms with Crippen molar-refractivity contribution in [2.24, 2.45) is 7.05 Å². The molecule has 0 spiro atoms. The van der Waals surface area contributed by atoms with Crippen molar-refractivity contribution in [3.63, 3.8) is 0 Å². The monoisotopic (exact) mass is 288 g/mol. The van der Waals surface area contributed by atoms with Crippen LogP contribution in [0.2, 0.25) is 0 Å². The Kier molecular flexibility index (Phi) is 4.26. The van der Waals surface area contributed by atoms with Crippen molar-refractivity contribution >= 4 is 11.7 Å².